The number of nitrogens with one attached hydrogen (secondary N) is 1. The van der Waals surface area contributed by atoms with Crippen LogP contribution in [-0.2, 0) is 17.1 Å². The number of ether oxygens (including phenoxy) is 2. The van der Waals surface area contributed by atoms with Crippen molar-refractivity contribution in [1.82, 2.24) is 24.3 Å². The van der Waals surface area contributed by atoms with Crippen LogP contribution in [0.2, 0.25) is 5.15 Å². The van der Waals surface area contributed by atoms with Gasteiger partial charge in [0.2, 0.25) is 10.0 Å². The summed E-state index contributed by atoms with van der Waals surface area (Å²) in [5, 5.41) is 4.12. The molecule has 0 radical (unpaired) electrons. The van der Waals surface area contributed by atoms with Gasteiger partial charge in [-0.2, -0.15) is 5.10 Å². The smallest absolute Gasteiger partial charge is 0.264 e. The van der Waals surface area contributed by atoms with Crippen LogP contribution in [0.3, 0.4) is 0 Å². The number of hydrogen-bond acceptors (Lipinski definition) is 9. The quantitative estimate of drug-likeness (QED) is 0.142. The molecule has 2 atom stereocenters. The summed E-state index contributed by atoms with van der Waals surface area (Å²) in [6, 6.07) is 20.7. The first-order valence-corrected chi connectivity index (χ1v) is 18.8. The molecule has 1 fully saturated rings. The molecular weight excluding hydrogens is 692 g/mol. The number of benzene rings is 3. The third kappa shape index (κ3) is 7.08. The van der Waals surface area contributed by atoms with Gasteiger partial charge in [0.1, 0.15) is 10.0 Å². The van der Waals surface area contributed by atoms with Crippen molar-refractivity contribution in [3.05, 3.63) is 99.8 Å². The van der Waals surface area contributed by atoms with Gasteiger partial charge in [0, 0.05) is 45.8 Å². The van der Waals surface area contributed by atoms with Crippen LogP contribution < -0.4 is 19.1 Å². The second kappa shape index (κ2) is 15.0. The first-order valence-electron chi connectivity index (χ1n) is 16.9. The summed E-state index contributed by atoms with van der Waals surface area (Å²) >= 11 is 6.24. The first kappa shape index (κ1) is 36.4. The Balaban J connectivity index is 1.24. The van der Waals surface area contributed by atoms with Crippen LogP contribution in [0.5, 0.6) is 11.5 Å². The summed E-state index contributed by atoms with van der Waals surface area (Å²) in [7, 11) is 0.655. The molecule has 14 heteroatoms. The van der Waals surface area contributed by atoms with Gasteiger partial charge in [-0.05, 0) is 62.1 Å². The summed E-state index contributed by atoms with van der Waals surface area (Å²) < 4.78 is 41.3. The van der Waals surface area contributed by atoms with Crippen molar-refractivity contribution in [3.8, 4) is 11.5 Å². The number of hydrogen-bond donors (Lipinski definition) is 1. The maximum atomic E-state index is 14.5. The van der Waals surface area contributed by atoms with Crippen molar-refractivity contribution in [2.24, 2.45) is 7.05 Å². The molecule has 0 bridgehead atoms. The van der Waals surface area contributed by atoms with Gasteiger partial charge in [0.15, 0.2) is 11.5 Å². The molecule has 2 aliphatic rings. The summed E-state index contributed by atoms with van der Waals surface area (Å²) in [4.78, 5) is 34.5. The van der Waals surface area contributed by atoms with Crippen LogP contribution in [0.25, 0.3) is 0 Å². The van der Waals surface area contributed by atoms with Crippen LogP contribution in [0.4, 0.5) is 5.69 Å². The van der Waals surface area contributed by atoms with E-state index in [-0.39, 0.29) is 40.7 Å². The number of amides is 2. The van der Waals surface area contributed by atoms with Crippen molar-refractivity contribution in [2.75, 3.05) is 51.8 Å². The largest absolute Gasteiger partial charge is 0.493 e. The molecule has 1 aromatic heterocycles. The lowest BCUT2D eigenvalue weighted by atomic mass is 9.99. The molecular formula is C37H43ClN6O6S. The highest BCUT2D eigenvalue weighted by Crippen LogP contribution is 2.41. The Morgan fingerprint density at radius 2 is 1.61 bits per heavy atom. The molecule has 4 aromatic rings. The normalized spacial score (nSPS) is 16.4. The summed E-state index contributed by atoms with van der Waals surface area (Å²) in [5.74, 6) is 0.166. The lowest BCUT2D eigenvalue weighted by Gasteiger charge is -2.39. The zero-order valence-electron chi connectivity index (χ0n) is 29.4. The minimum Gasteiger partial charge on any atom is -0.493 e. The lowest BCUT2D eigenvalue weighted by molar-refractivity contribution is 0.0572. The van der Waals surface area contributed by atoms with E-state index in [4.69, 9.17) is 21.1 Å². The van der Waals surface area contributed by atoms with Gasteiger partial charge in [0.25, 0.3) is 11.8 Å². The van der Waals surface area contributed by atoms with E-state index in [1.807, 2.05) is 18.2 Å². The topological polar surface area (TPSA) is 126 Å². The summed E-state index contributed by atoms with van der Waals surface area (Å²) in [6.45, 7) is 6.84. The van der Waals surface area contributed by atoms with Gasteiger partial charge < -0.3 is 14.4 Å². The van der Waals surface area contributed by atoms with Gasteiger partial charge >= 0.3 is 0 Å². The molecule has 3 aromatic carbocycles. The van der Waals surface area contributed by atoms with E-state index in [1.54, 1.807) is 38.2 Å². The van der Waals surface area contributed by atoms with Gasteiger partial charge in [0.05, 0.1) is 42.8 Å². The number of fused-ring (bicyclic) bond motifs is 1. The maximum absolute atomic E-state index is 14.5. The third-order valence-corrected chi connectivity index (χ3v) is 12.0. The van der Waals surface area contributed by atoms with E-state index in [9.17, 15) is 18.0 Å². The molecule has 2 unspecified atom stereocenters. The highest BCUT2D eigenvalue weighted by molar-refractivity contribution is 7.89. The highest BCUT2D eigenvalue weighted by Gasteiger charge is 2.43. The second-order valence-electron chi connectivity index (χ2n) is 12.8. The minimum atomic E-state index is -3.97. The number of methoxy groups -OCH3 is 2. The third-order valence-electron chi connectivity index (χ3n) is 9.83. The van der Waals surface area contributed by atoms with Crippen LogP contribution in [0, 0.1) is 6.92 Å². The predicted molar refractivity (Wildman–Crippen MR) is 195 cm³/mol. The predicted octanol–water partition coefficient (Wildman–Crippen LogP) is 5.38. The Morgan fingerprint density at radius 3 is 2.25 bits per heavy atom. The fourth-order valence-electron chi connectivity index (χ4n) is 7.12. The number of rotatable bonds is 13. The maximum Gasteiger partial charge on any atom is 0.264 e. The monoisotopic (exact) mass is 734 g/mol. The highest BCUT2D eigenvalue weighted by atomic mass is 35.5. The second-order valence-corrected chi connectivity index (χ2v) is 14.9. The number of nitrogens with zero attached hydrogens (tertiary/aromatic N) is 5. The van der Waals surface area contributed by atoms with Crippen LogP contribution >= 0.6 is 11.6 Å². The molecule has 0 aliphatic carbocycles. The zero-order valence-corrected chi connectivity index (χ0v) is 31.0. The van der Waals surface area contributed by atoms with E-state index < -0.39 is 22.0 Å². The van der Waals surface area contributed by atoms with Crippen molar-refractivity contribution in [1.29, 1.82) is 0 Å². The number of carbonyl (C=O) groups is 2. The van der Waals surface area contributed by atoms with Crippen molar-refractivity contribution < 1.29 is 27.5 Å². The van der Waals surface area contributed by atoms with E-state index >= 15 is 0 Å². The molecule has 2 aliphatic heterocycles. The average molecular weight is 735 g/mol. The molecule has 0 saturated carbocycles. The fraction of sp³-hybridized carbons (Fsp3) is 0.378. The van der Waals surface area contributed by atoms with E-state index in [1.165, 1.54) is 29.4 Å². The molecule has 51 heavy (non-hydrogen) atoms. The Morgan fingerprint density at radius 1 is 0.902 bits per heavy atom. The van der Waals surface area contributed by atoms with Crippen molar-refractivity contribution in [3.63, 3.8) is 0 Å². The van der Waals surface area contributed by atoms with Gasteiger partial charge in [-0.15, -0.1) is 0 Å². The van der Waals surface area contributed by atoms with Crippen LogP contribution in [0.1, 0.15) is 69.4 Å². The number of anilines is 1. The SMILES string of the molecule is COc1ccc(C(CCCNS(=O)(=O)c2c(C)nn(C)c2Cl)N2C(=O)c3cccc(N4CCN(C(C)c5ccccc5)CC4)c3C2=O)cc1OC. The number of carbonyl (C=O) groups excluding carboxylic acids is 2. The Hall–Kier alpha value is -4.43. The number of aryl methyl sites for hydroxylation is 2. The lowest BCUT2D eigenvalue weighted by Crippen LogP contribution is -2.47. The molecule has 2 amide bonds. The van der Waals surface area contributed by atoms with Gasteiger partial charge in [-0.3, -0.25) is 24.1 Å². The number of aromatic nitrogens is 2. The number of piperazine rings is 1. The average Bonchev–Trinajstić information content (AvgIpc) is 3.56. The number of sulfonamides is 1. The van der Waals surface area contributed by atoms with Crippen molar-refractivity contribution in [2.45, 2.75) is 43.7 Å². The van der Waals surface area contributed by atoms with Crippen molar-refractivity contribution >= 4 is 39.1 Å². The first-order chi connectivity index (χ1) is 24.5. The Labute approximate surface area is 303 Å². The molecule has 6 rings (SSSR count). The molecule has 1 saturated heterocycles. The molecule has 12 nitrogen and oxygen atoms in total. The zero-order chi connectivity index (χ0) is 36.4. The fourth-order valence-corrected chi connectivity index (χ4v) is 8.94. The number of imide groups is 1. The van der Waals surface area contributed by atoms with E-state index in [0.717, 1.165) is 18.8 Å². The van der Waals surface area contributed by atoms with Crippen LogP contribution in [0.15, 0.2) is 71.6 Å². The molecule has 270 valence electrons. The Bertz CT molecular complexity index is 2030. The number of halogens is 1. The van der Waals surface area contributed by atoms with Crippen LogP contribution in [-0.4, -0.2) is 86.8 Å². The van der Waals surface area contributed by atoms with E-state index in [2.05, 4.69) is 50.8 Å². The molecule has 1 N–H and O–H groups in total. The Kier molecular flexibility index (Phi) is 10.7. The standard InChI is InChI=1S/C37H43ClN6O6S/c1-24-34(35(38)41(3)40-24)51(47,48)39-18-10-15-29(27-16-17-31(49-4)32(23-27)50-5)44-36(45)28-13-9-14-30(33(28)37(44)46)43-21-19-42(20-22-43)25(2)26-11-7-6-8-12-26/h6-9,11-14,16-17,23,25,29,39H,10,15,18-22H2,1-5H3. The van der Waals surface area contributed by atoms with Gasteiger partial charge in [-0.1, -0.05) is 54.1 Å². The minimum absolute atomic E-state index is 0.0113. The molecule has 0 spiro atoms. The van der Waals surface area contributed by atoms with E-state index in [0.29, 0.717) is 47.7 Å². The molecule has 3 heterocycles. The summed E-state index contributed by atoms with van der Waals surface area (Å²) in [5.41, 5.74) is 3.68. The van der Waals surface area contributed by atoms with Gasteiger partial charge in [-0.25, -0.2) is 13.1 Å². The summed E-state index contributed by atoms with van der Waals surface area (Å²) in [6.07, 6.45) is 0.575.